The maximum absolute atomic E-state index is 13.6. The first kappa shape index (κ1) is 22.5. The number of methoxy groups -OCH3 is 1. The summed E-state index contributed by atoms with van der Waals surface area (Å²) >= 11 is 1.05. The van der Waals surface area contributed by atoms with Gasteiger partial charge in [0.25, 0.3) is 5.91 Å². The van der Waals surface area contributed by atoms with Gasteiger partial charge < -0.3 is 9.47 Å². The van der Waals surface area contributed by atoms with E-state index in [1.54, 1.807) is 36.4 Å². The molecule has 156 valence electrons. The molecule has 0 aliphatic heterocycles. The smallest absolute Gasteiger partial charge is 0.269 e. The number of nitrogens with one attached hydrogen (secondary N) is 2. The Morgan fingerprint density at radius 1 is 1.10 bits per heavy atom. The third-order valence-corrected chi connectivity index (χ3v) is 4.94. The van der Waals surface area contributed by atoms with Gasteiger partial charge in [0.15, 0.2) is 11.5 Å². The van der Waals surface area contributed by atoms with Crippen molar-refractivity contribution in [3.05, 3.63) is 53.8 Å². The lowest BCUT2D eigenvalue weighted by Crippen LogP contribution is -2.42. The first-order valence-electron chi connectivity index (χ1n) is 9.18. The molecule has 0 spiro atoms. The van der Waals surface area contributed by atoms with Crippen LogP contribution in [0.2, 0.25) is 0 Å². The summed E-state index contributed by atoms with van der Waals surface area (Å²) in [5.74, 6) is 0.127. The normalized spacial score (nSPS) is 10.5. The third-order valence-electron chi connectivity index (χ3n) is 3.89. The molecule has 0 fully saturated rings. The van der Waals surface area contributed by atoms with Gasteiger partial charge in [-0.25, -0.2) is 4.39 Å². The zero-order valence-corrected chi connectivity index (χ0v) is 17.5. The molecule has 6 nitrogen and oxygen atoms in total. The zero-order chi connectivity index (χ0) is 21.2. The molecular weight excluding hydrogens is 395 g/mol. The highest BCUT2D eigenvalue weighted by Gasteiger charge is 2.13. The third kappa shape index (κ3) is 7.30. The molecule has 0 aliphatic carbocycles. The number of hydrogen-bond acceptors (Lipinski definition) is 5. The fourth-order valence-electron chi connectivity index (χ4n) is 2.27. The largest absolute Gasteiger partial charge is 0.493 e. The number of hydrazine groups is 1. The summed E-state index contributed by atoms with van der Waals surface area (Å²) in [5.41, 5.74) is 4.96. The number of ether oxygens (including phenoxy) is 2. The van der Waals surface area contributed by atoms with Gasteiger partial charge in [0.2, 0.25) is 5.91 Å². The van der Waals surface area contributed by atoms with Crippen LogP contribution in [0.15, 0.2) is 47.4 Å². The Labute approximate surface area is 174 Å². The van der Waals surface area contributed by atoms with E-state index in [4.69, 9.17) is 9.47 Å². The summed E-state index contributed by atoms with van der Waals surface area (Å²) in [5, 5.41) is 0. The van der Waals surface area contributed by atoms with E-state index in [0.717, 1.165) is 18.2 Å². The van der Waals surface area contributed by atoms with E-state index in [0.29, 0.717) is 34.5 Å². The summed E-state index contributed by atoms with van der Waals surface area (Å²) in [6.07, 6.45) is 0.905. The van der Waals surface area contributed by atoms with Gasteiger partial charge in [-0.3, -0.25) is 20.4 Å². The van der Waals surface area contributed by atoms with Crippen LogP contribution in [0.5, 0.6) is 11.5 Å². The number of benzene rings is 2. The maximum atomic E-state index is 13.6. The van der Waals surface area contributed by atoms with Crippen molar-refractivity contribution in [2.24, 2.45) is 5.92 Å². The van der Waals surface area contributed by atoms with Crippen molar-refractivity contribution in [3.8, 4) is 11.5 Å². The second kappa shape index (κ2) is 11.3. The number of rotatable bonds is 9. The molecule has 2 rings (SSSR count). The molecule has 0 aliphatic rings. The van der Waals surface area contributed by atoms with Gasteiger partial charge >= 0.3 is 0 Å². The van der Waals surface area contributed by atoms with Crippen LogP contribution in [-0.4, -0.2) is 31.3 Å². The van der Waals surface area contributed by atoms with E-state index in [1.807, 2.05) is 0 Å². The molecule has 0 unspecified atom stereocenters. The summed E-state index contributed by atoms with van der Waals surface area (Å²) in [6, 6.07) is 11.0. The zero-order valence-electron chi connectivity index (χ0n) is 16.7. The van der Waals surface area contributed by atoms with Crippen LogP contribution < -0.4 is 20.3 Å². The van der Waals surface area contributed by atoms with E-state index < -0.39 is 17.6 Å². The van der Waals surface area contributed by atoms with Gasteiger partial charge in [-0.1, -0.05) is 26.0 Å². The molecule has 0 radical (unpaired) electrons. The van der Waals surface area contributed by atoms with Crippen LogP contribution >= 0.6 is 11.8 Å². The number of hydrogen-bond donors (Lipinski definition) is 2. The highest BCUT2D eigenvalue weighted by atomic mass is 32.2. The summed E-state index contributed by atoms with van der Waals surface area (Å²) in [7, 11) is 1.49. The maximum Gasteiger partial charge on any atom is 0.269 e. The molecule has 2 aromatic carbocycles. The van der Waals surface area contributed by atoms with Crippen LogP contribution in [0.25, 0.3) is 0 Å². The lowest BCUT2D eigenvalue weighted by Gasteiger charge is -2.13. The van der Waals surface area contributed by atoms with Crippen molar-refractivity contribution in [1.82, 2.24) is 10.9 Å². The molecule has 0 heterocycles. The molecule has 8 heteroatoms. The number of thioether (sulfide) groups is 1. The second-order valence-electron chi connectivity index (χ2n) is 6.62. The quantitative estimate of drug-likeness (QED) is 0.477. The van der Waals surface area contributed by atoms with Gasteiger partial charge in [-0.05, 0) is 42.7 Å². The first-order valence-corrected chi connectivity index (χ1v) is 10.2. The van der Waals surface area contributed by atoms with Crippen LogP contribution in [0.4, 0.5) is 4.39 Å². The van der Waals surface area contributed by atoms with Crippen molar-refractivity contribution in [1.29, 1.82) is 0 Å². The predicted octanol–water partition coefficient (Wildman–Crippen LogP) is 3.81. The van der Waals surface area contributed by atoms with Crippen molar-refractivity contribution < 1.29 is 23.5 Å². The molecule has 0 atom stereocenters. The topological polar surface area (TPSA) is 76.7 Å². The first-order chi connectivity index (χ1) is 13.9. The number of carbonyl (C=O) groups excluding carboxylic acids is 2. The van der Waals surface area contributed by atoms with Crippen LogP contribution in [0.3, 0.4) is 0 Å². The van der Waals surface area contributed by atoms with Gasteiger partial charge in [0.05, 0.1) is 19.5 Å². The van der Waals surface area contributed by atoms with E-state index in [2.05, 4.69) is 24.7 Å². The molecule has 0 saturated carbocycles. The minimum Gasteiger partial charge on any atom is -0.493 e. The lowest BCUT2D eigenvalue weighted by molar-refractivity contribution is -0.119. The Bertz CT molecular complexity index is 845. The van der Waals surface area contributed by atoms with E-state index in [1.165, 1.54) is 13.2 Å². The molecule has 2 aromatic rings. The SMILES string of the molecule is COc1cc(C(=O)NNC(=O)CSc2ccccc2F)ccc1OCCC(C)C. The average molecular weight is 421 g/mol. The van der Waals surface area contributed by atoms with Gasteiger partial charge in [0, 0.05) is 10.5 Å². The van der Waals surface area contributed by atoms with Crippen molar-refractivity contribution in [3.63, 3.8) is 0 Å². The van der Waals surface area contributed by atoms with E-state index in [-0.39, 0.29) is 5.75 Å². The number of halogens is 1. The Kier molecular flexibility index (Phi) is 8.79. The Morgan fingerprint density at radius 2 is 1.86 bits per heavy atom. The lowest BCUT2D eigenvalue weighted by atomic mass is 10.1. The molecule has 29 heavy (non-hydrogen) atoms. The van der Waals surface area contributed by atoms with Crippen molar-refractivity contribution in [2.75, 3.05) is 19.5 Å². The van der Waals surface area contributed by atoms with E-state index >= 15 is 0 Å². The minimum atomic E-state index is -0.499. The van der Waals surface area contributed by atoms with Crippen LogP contribution in [-0.2, 0) is 4.79 Å². The highest BCUT2D eigenvalue weighted by molar-refractivity contribution is 8.00. The summed E-state index contributed by atoms with van der Waals surface area (Å²) < 4.78 is 24.5. The molecule has 2 amide bonds. The summed E-state index contributed by atoms with van der Waals surface area (Å²) in [6.45, 7) is 4.77. The van der Waals surface area contributed by atoms with Crippen LogP contribution in [0.1, 0.15) is 30.6 Å². The van der Waals surface area contributed by atoms with Gasteiger partial charge in [-0.2, -0.15) is 0 Å². The standard InChI is InChI=1S/C21H25FN2O4S/c1-14(2)10-11-28-17-9-8-15(12-18(17)27-3)21(26)24-23-20(25)13-29-19-7-5-4-6-16(19)22/h4-9,12,14H,10-11,13H2,1-3H3,(H,23,25)(H,24,26). The molecule has 0 aromatic heterocycles. The van der Waals surface area contributed by atoms with Crippen LogP contribution in [0, 0.1) is 11.7 Å². The number of amides is 2. The molecule has 2 N–H and O–H groups in total. The Morgan fingerprint density at radius 3 is 2.55 bits per heavy atom. The Hall–Kier alpha value is -2.74. The van der Waals surface area contributed by atoms with Crippen molar-refractivity contribution >= 4 is 23.6 Å². The van der Waals surface area contributed by atoms with E-state index in [9.17, 15) is 14.0 Å². The molecule has 0 bridgehead atoms. The predicted molar refractivity (Wildman–Crippen MR) is 111 cm³/mol. The Balaban J connectivity index is 1.86. The van der Waals surface area contributed by atoms with Gasteiger partial charge in [-0.15, -0.1) is 11.8 Å². The number of carbonyl (C=O) groups is 2. The molecular formula is C21H25FN2O4S. The van der Waals surface area contributed by atoms with Crippen molar-refractivity contribution in [2.45, 2.75) is 25.2 Å². The van der Waals surface area contributed by atoms with Gasteiger partial charge in [0.1, 0.15) is 5.82 Å². The highest BCUT2D eigenvalue weighted by Crippen LogP contribution is 2.28. The summed E-state index contributed by atoms with van der Waals surface area (Å²) in [4.78, 5) is 24.5. The fraction of sp³-hybridized carbons (Fsp3) is 0.333. The molecule has 0 saturated heterocycles. The fourth-order valence-corrected chi connectivity index (χ4v) is 3.01. The monoisotopic (exact) mass is 420 g/mol. The minimum absolute atomic E-state index is 0.0346. The second-order valence-corrected chi connectivity index (χ2v) is 7.64. The average Bonchev–Trinajstić information content (AvgIpc) is 2.71.